The molecule has 0 amide bonds. The molecule has 0 spiro atoms. The molecule has 0 fully saturated rings. The molecule has 1 N–H and O–H groups in total. The normalized spacial score (nSPS) is 12.6. The fourth-order valence-corrected chi connectivity index (χ4v) is 1.70. The van der Waals surface area contributed by atoms with Crippen LogP contribution in [0.5, 0.6) is 0 Å². The Morgan fingerprint density at radius 1 is 1.35 bits per heavy atom. The fourth-order valence-electron chi connectivity index (χ4n) is 1.70. The van der Waals surface area contributed by atoms with Crippen molar-refractivity contribution in [3.8, 4) is 0 Å². The SMILES string of the molecule is CC(C)c1nc2c(cnn2C(C)(C)C)c(=O)[nH]1. The van der Waals surface area contributed by atoms with Crippen molar-refractivity contribution in [3.63, 3.8) is 0 Å². The summed E-state index contributed by atoms with van der Waals surface area (Å²) in [5, 5.41) is 4.81. The second kappa shape index (κ2) is 3.68. The smallest absolute Gasteiger partial charge is 0.262 e. The Morgan fingerprint density at radius 3 is 2.53 bits per heavy atom. The highest BCUT2D eigenvalue weighted by Gasteiger charge is 2.20. The minimum absolute atomic E-state index is 0.116. The second-order valence-electron chi connectivity index (χ2n) is 5.57. The number of fused-ring (bicyclic) bond motifs is 1. The van der Waals surface area contributed by atoms with Gasteiger partial charge in [0, 0.05) is 5.92 Å². The van der Waals surface area contributed by atoms with E-state index in [4.69, 9.17) is 0 Å². The van der Waals surface area contributed by atoms with Crippen molar-refractivity contribution in [1.29, 1.82) is 0 Å². The van der Waals surface area contributed by atoms with Gasteiger partial charge in [-0.2, -0.15) is 5.10 Å². The van der Waals surface area contributed by atoms with Crippen LogP contribution in [0.1, 0.15) is 46.4 Å². The molecule has 0 bridgehead atoms. The molecule has 0 atom stereocenters. The molecular weight excluding hydrogens is 216 g/mol. The van der Waals surface area contributed by atoms with E-state index in [1.165, 1.54) is 0 Å². The first-order valence-electron chi connectivity index (χ1n) is 5.79. The van der Waals surface area contributed by atoms with Gasteiger partial charge in [0.05, 0.1) is 11.7 Å². The monoisotopic (exact) mass is 234 g/mol. The molecule has 2 aromatic rings. The van der Waals surface area contributed by atoms with Crippen LogP contribution in [0.3, 0.4) is 0 Å². The topological polar surface area (TPSA) is 63.6 Å². The van der Waals surface area contributed by atoms with E-state index >= 15 is 0 Å². The summed E-state index contributed by atoms with van der Waals surface area (Å²) in [5.74, 6) is 0.893. The predicted molar refractivity (Wildman–Crippen MR) is 67.2 cm³/mol. The van der Waals surface area contributed by atoms with Crippen LogP contribution >= 0.6 is 0 Å². The number of H-pyrrole nitrogens is 1. The first-order chi connectivity index (χ1) is 7.80. The van der Waals surface area contributed by atoms with Gasteiger partial charge in [0.1, 0.15) is 11.2 Å². The Hall–Kier alpha value is -1.65. The quantitative estimate of drug-likeness (QED) is 0.820. The summed E-state index contributed by atoms with van der Waals surface area (Å²) in [4.78, 5) is 19.2. The molecule has 0 radical (unpaired) electrons. The highest BCUT2D eigenvalue weighted by molar-refractivity contribution is 5.73. The molecule has 17 heavy (non-hydrogen) atoms. The first kappa shape index (κ1) is 11.8. The van der Waals surface area contributed by atoms with Crippen LogP contribution in [0, 0.1) is 0 Å². The van der Waals surface area contributed by atoms with Gasteiger partial charge in [0.15, 0.2) is 5.65 Å². The molecule has 0 aliphatic rings. The summed E-state index contributed by atoms with van der Waals surface area (Å²) in [5.41, 5.74) is 0.357. The Labute approximate surface area is 99.9 Å². The van der Waals surface area contributed by atoms with Gasteiger partial charge >= 0.3 is 0 Å². The van der Waals surface area contributed by atoms with Gasteiger partial charge in [0.2, 0.25) is 0 Å². The second-order valence-corrected chi connectivity index (χ2v) is 5.57. The van der Waals surface area contributed by atoms with Crippen molar-refractivity contribution >= 4 is 11.0 Å². The molecule has 0 aromatic carbocycles. The lowest BCUT2D eigenvalue weighted by Gasteiger charge is -2.19. The average Bonchev–Trinajstić information content (AvgIpc) is 2.60. The first-order valence-corrected chi connectivity index (χ1v) is 5.79. The lowest BCUT2D eigenvalue weighted by Crippen LogP contribution is -2.24. The molecule has 5 heteroatoms. The molecule has 0 saturated heterocycles. The highest BCUT2D eigenvalue weighted by Crippen LogP contribution is 2.19. The van der Waals surface area contributed by atoms with Gasteiger partial charge < -0.3 is 4.98 Å². The molecule has 0 saturated carbocycles. The van der Waals surface area contributed by atoms with Crippen LogP contribution in [0.4, 0.5) is 0 Å². The van der Waals surface area contributed by atoms with E-state index in [0.717, 1.165) is 0 Å². The van der Waals surface area contributed by atoms with Crippen molar-refractivity contribution < 1.29 is 0 Å². The van der Waals surface area contributed by atoms with Gasteiger partial charge in [-0.05, 0) is 20.8 Å². The maximum absolute atomic E-state index is 11.9. The summed E-state index contributed by atoms with van der Waals surface area (Å²) >= 11 is 0. The van der Waals surface area contributed by atoms with Crippen molar-refractivity contribution in [1.82, 2.24) is 19.7 Å². The molecule has 92 valence electrons. The van der Waals surface area contributed by atoms with E-state index in [1.54, 1.807) is 10.9 Å². The molecule has 2 heterocycles. The summed E-state index contributed by atoms with van der Waals surface area (Å²) in [6, 6.07) is 0. The lowest BCUT2D eigenvalue weighted by atomic mass is 10.1. The zero-order chi connectivity index (χ0) is 12.8. The lowest BCUT2D eigenvalue weighted by molar-refractivity contribution is 0.365. The molecule has 0 aliphatic heterocycles. The van der Waals surface area contributed by atoms with Crippen molar-refractivity contribution in [2.24, 2.45) is 0 Å². The fraction of sp³-hybridized carbons (Fsp3) is 0.583. The van der Waals surface area contributed by atoms with E-state index < -0.39 is 0 Å². The third kappa shape index (κ3) is 1.97. The molecule has 2 aromatic heterocycles. The van der Waals surface area contributed by atoms with E-state index in [2.05, 4.69) is 15.1 Å². The third-order valence-electron chi connectivity index (χ3n) is 2.64. The summed E-state index contributed by atoms with van der Waals surface area (Å²) < 4.78 is 1.80. The third-order valence-corrected chi connectivity index (χ3v) is 2.64. The summed E-state index contributed by atoms with van der Waals surface area (Å²) in [6.45, 7) is 10.1. The number of hydrogen-bond acceptors (Lipinski definition) is 3. The number of rotatable bonds is 1. The molecular formula is C12H18N4O. The maximum Gasteiger partial charge on any atom is 0.262 e. The minimum atomic E-state index is -0.184. The molecule has 0 unspecified atom stereocenters. The average molecular weight is 234 g/mol. The largest absolute Gasteiger partial charge is 0.310 e. The Balaban J connectivity index is 2.79. The standard InChI is InChI=1S/C12H18N4O/c1-7(2)9-14-10-8(11(17)15-9)6-13-16(10)12(3,4)5/h6-7H,1-5H3,(H,14,15,17). The van der Waals surface area contributed by atoms with Crippen LogP contribution < -0.4 is 5.56 Å². The zero-order valence-corrected chi connectivity index (χ0v) is 10.9. The van der Waals surface area contributed by atoms with Crippen molar-refractivity contribution in [2.75, 3.05) is 0 Å². The predicted octanol–water partition coefficient (Wildman–Crippen LogP) is 2.00. The summed E-state index contributed by atoms with van der Waals surface area (Å²) in [7, 11) is 0. The highest BCUT2D eigenvalue weighted by atomic mass is 16.1. The van der Waals surface area contributed by atoms with E-state index in [-0.39, 0.29) is 17.0 Å². The van der Waals surface area contributed by atoms with E-state index in [0.29, 0.717) is 16.9 Å². The Morgan fingerprint density at radius 2 is 2.00 bits per heavy atom. The zero-order valence-electron chi connectivity index (χ0n) is 10.9. The van der Waals surface area contributed by atoms with E-state index in [1.807, 2.05) is 34.6 Å². The number of hydrogen-bond donors (Lipinski definition) is 1. The van der Waals surface area contributed by atoms with Gasteiger partial charge in [-0.15, -0.1) is 0 Å². The van der Waals surface area contributed by atoms with Crippen LogP contribution in [-0.2, 0) is 5.54 Å². The van der Waals surface area contributed by atoms with Gasteiger partial charge in [0.25, 0.3) is 5.56 Å². The number of nitrogens with zero attached hydrogens (tertiary/aromatic N) is 3. The molecule has 0 aliphatic carbocycles. The number of nitrogens with one attached hydrogen (secondary N) is 1. The molecule has 5 nitrogen and oxygen atoms in total. The number of aromatic nitrogens is 4. The van der Waals surface area contributed by atoms with Gasteiger partial charge in [-0.3, -0.25) is 4.79 Å². The minimum Gasteiger partial charge on any atom is -0.310 e. The van der Waals surface area contributed by atoms with Gasteiger partial charge in [-0.1, -0.05) is 13.8 Å². The van der Waals surface area contributed by atoms with Crippen molar-refractivity contribution in [2.45, 2.75) is 46.1 Å². The summed E-state index contributed by atoms with van der Waals surface area (Å²) in [6.07, 6.45) is 1.58. The Kier molecular flexibility index (Phi) is 2.56. The van der Waals surface area contributed by atoms with Crippen LogP contribution in [0.25, 0.3) is 11.0 Å². The van der Waals surface area contributed by atoms with Crippen LogP contribution in [-0.4, -0.2) is 19.7 Å². The van der Waals surface area contributed by atoms with Crippen LogP contribution in [0.2, 0.25) is 0 Å². The Bertz CT molecular complexity index is 601. The van der Waals surface area contributed by atoms with Crippen molar-refractivity contribution in [3.05, 3.63) is 22.4 Å². The van der Waals surface area contributed by atoms with Crippen LogP contribution in [0.15, 0.2) is 11.0 Å². The number of aromatic amines is 1. The maximum atomic E-state index is 11.9. The molecule has 2 rings (SSSR count). The van der Waals surface area contributed by atoms with E-state index in [9.17, 15) is 4.79 Å². The van der Waals surface area contributed by atoms with Gasteiger partial charge in [-0.25, -0.2) is 9.67 Å².